The maximum absolute atomic E-state index is 14.0. The van der Waals surface area contributed by atoms with Crippen molar-refractivity contribution in [1.29, 1.82) is 0 Å². The van der Waals surface area contributed by atoms with Crippen LogP contribution in [0.15, 0.2) is 107 Å². The van der Waals surface area contributed by atoms with Crippen molar-refractivity contribution in [3.8, 4) is 11.5 Å². The number of para-hydroxylation sites is 1. The lowest BCUT2D eigenvalue weighted by Gasteiger charge is -2.26. The van der Waals surface area contributed by atoms with E-state index in [9.17, 15) is 9.59 Å². The third-order valence-corrected chi connectivity index (χ3v) is 7.35. The lowest BCUT2D eigenvalue weighted by atomic mass is 9.93. The van der Waals surface area contributed by atoms with E-state index < -0.39 is 12.0 Å². The van der Waals surface area contributed by atoms with E-state index in [0.717, 1.165) is 16.7 Å². The first kappa shape index (κ1) is 26.9. The lowest BCUT2D eigenvalue weighted by Crippen LogP contribution is -2.40. The molecule has 2 heterocycles. The molecule has 1 atom stereocenters. The highest BCUT2D eigenvalue weighted by Crippen LogP contribution is 2.35. The molecule has 1 aliphatic rings. The van der Waals surface area contributed by atoms with Crippen LogP contribution in [0.4, 0.5) is 0 Å². The molecule has 202 valence electrons. The largest absolute Gasteiger partial charge is 0.497 e. The Labute approximate surface area is 235 Å². The fraction of sp³-hybridized carbons (Fsp3) is 0.156. The van der Waals surface area contributed by atoms with Gasteiger partial charge in [0.1, 0.15) is 18.1 Å². The molecule has 5 rings (SSSR count). The van der Waals surface area contributed by atoms with Gasteiger partial charge in [-0.1, -0.05) is 84.7 Å². The summed E-state index contributed by atoms with van der Waals surface area (Å²) in [5.41, 5.74) is 2.74. The van der Waals surface area contributed by atoms with Crippen LogP contribution in [0.5, 0.6) is 11.5 Å². The molecule has 0 N–H and O–H groups in total. The number of ether oxygens (including phenoxy) is 3. The number of hydrogen-bond acceptors (Lipinski definition) is 7. The summed E-state index contributed by atoms with van der Waals surface area (Å²) in [6.07, 6.45) is 3.46. The summed E-state index contributed by atoms with van der Waals surface area (Å²) < 4.78 is 18.7. The van der Waals surface area contributed by atoms with Gasteiger partial charge in [-0.15, -0.1) is 0 Å². The highest BCUT2D eigenvalue weighted by molar-refractivity contribution is 7.07. The zero-order chi connectivity index (χ0) is 28.1. The van der Waals surface area contributed by atoms with Crippen LogP contribution >= 0.6 is 11.3 Å². The average Bonchev–Trinajstić information content (AvgIpc) is 3.30. The molecule has 7 nitrogen and oxygen atoms in total. The lowest BCUT2D eigenvalue weighted by molar-refractivity contribution is -0.138. The highest BCUT2D eigenvalue weighted by Gasteiger charge is 2.35. The minimum Gasteiger partial charge on any atom is -0.497 e. The topological polar surface area (TPSA) is 79.1 Å². The number of rotatable bonds is 9. The number of benzene rings is 3. The van der Waals surface area contributed by atoms with Crippen LogP contribution in [0.25, 0.3) is 11.8 Å². The first-order valence-corrected chi connectivity index (χ1v) is 13.6. The van der Waals surface area contributed by atoms with Crippen molar-refractivity contribution in [2.45, 2.75) is 13.0 Å². The molecule has 0 bridgehead atoms. The fourth-order valence-corrected chi connectivity index (χ4v) is 5.55. The molecule has 0 unspecified atom stereocenters. The van der Waals surface area contributed by atoms with Gasteiger partial charge in [0.15, 0.2) is 4.80 Å². The summed E-state index contributed by atoms with van der Waals surface area (Å²) >= 11 is 1.26. The van der Waals surface area contributed by atoms with Gasteiger partial charge in [0.05, 0.1) is 35.6 Å². The number of fused-ring (bicyclic) bond motifs is 1. The Morgan fingerprint density at radius 1 is 1.05 bits per heavy atom. The minimum atomic E-state index is -0.758. The minimum absolute atomic E-state index is 0.186. The zero-order valence-electron chi connectivity index (χ0n) is 22.2. The highest BCUT2D eigenvalue weighted by atomic mass is 32.1. The van der Waals surface area contributed by atoms with Crippen molar-refractivity contribution in [2.75, 3.05) is 20.3 Å². The molecule has 0 aliphatic carbocycles. The van der Waals surface area contributed by atoms with Gasteiger partial charge in [0.2, 0.25) is 0 Å². The van der Waals surface area contributed by atoms with E-state index in [4.69, 9.17) is 19.2 Å². The Morgan fingerprint density at radius 2 is 1.77 bits per heavy atom. The normalized spacial score (nSPS) is 14.8. The van der Waals surface area contributed by atoms with E-state index in [-0.39, 0.29) is 12.2 Å². The van der Waals surface area contributed by atoms with Crippen molar-refractivity contribution in [3.63, 3.8) is 0 Å². The standard InChI is InChI=1S/C32H28N2O5S/c1-4-19-39-25-14-10-9-13-23(25)20-26-30(35)34-29(22-15-17-24(37-3)18-16-22)27(31(36)38-5-2)28(33-32(34)40-26)21-11-7-6-8-12-21/h4,6-18,20,29H,1,5,19H2,2-3H3/b26-20+/t29-/m1/s1. The van der Waals surface area contributed by atoms with Gasteiger partial charge in [-0.05, 0) is 36.8 Å². The number of carbonyl (C=O) groups excluding carboxylic acids is 1. The average molecular weight is 553 g/mol. The molecule has 1 aromatic heterocycles. The molecule has 3 aromatic carbocycles. The van der Waals surface area contributed by atoms with Crippen LogP contribution in [0.2, 0.25) is 0 Å². The van der Waals surface area contributed by atoms with Crippen LogP contribution in [-0.2, 0) is 9.53 Å². The molecule has 40 heavy (non-hydrogen) atoms. The van der Waals surface area contributed by atoms with Gasteiger partial charge in [0, 0.05) is 11.1 Å². The predicted molar refractivity (Wildman–Crippen MR) is 156 cm³/mol. The van der Waals surface area contributed by atoms with Crippen molar-refractivity contribution < 1.29 is 19.0 Å². The van der Waals surface area contributed by atoms with Gasteiger partial charge in [0.25, 0.3) is 5.56 Å². The molecule has 1 aliphatic heterocycles. The molecule has 0 saturated carbocycles. The van der Waals surface area contributed by atoms with Gasteiger partial charge in [-0.2, -0.15) is 0 Å². The van der Waals surface area contributed by atoms with Crippen LogP contribution in [0, 0.1) is 0 Å². The van der Waals surface area contributed by atoms with Crippen LogP contribution in [-0.4, -0.2) is 30.9 Å². The second kappa shape index (κ2) is 12.0. The van der Waals surface area contributed by atoms with E-state index in [1.54, 1.807) is 30.8 Å². The maximum atomic E-state index is 14.0. The summed E-state index contributed by atoms with van der Waals surface area (Å²) in [6.45, 7) is 5.99. The summed E-state index contributed by atoms with van der Waals surface area (Å²) in [5, 5.41) is 0. The first-order valence-electron chi connectivity index (χ1n) is 12.8. The van der Waals surface area contributed by atoms with Gasteiger partial charge in [-0.25, -0.2) is 9.79 Å². The number of hydrogen-bond donors (Lipinski definition) is 0. The van der Waals surface area contributed by atoms with Crippen LogP contribution < -0.4 is 24.4 Å². The molecular weight excluding hydrogens is 524 g/mol. The van der Waals surface area contributed by atoms with Crippen LogP contribution in [0.3, 0.4) is 0 Å². The fourth-order valence-electron chi connectivity index (χ4n) is 4.56. The molecule has 0 amide bonds. The monoisotopic (exact) mass is 552 g/mol. The Balaban J connectivity index is 1.79. The second-order valence-electron chi connectivity index (χ2n) is 8.84. The summed E-state index contributed by atoms with van der Waals surface area (Å²) in [4.78, 5) is 32.9. The van der Waals surface area contributed by atoms with Crippen molar-refractivity contribution in [1.82, 2.24) is 4.57 Å². The third kappa shape index (κ3) is 5.26. The van der Waals surface area contributed by atoms with Crippen molar-refractivity contribution in [3.05, 3.63) is 133 Å². The van der Waals surface area contributed by atoms with E-state index in [1.807, 2.05) is 78.9 Å². The number of nitrogens with zero attached hydrogens (tertiary/aromatic N) is 2. The molecule has 8 heteroatoms. The summed E-state index contributed by atoms with van der Waals surface area (Å²) in [7, 11) is 1.59. The summed E-state index contributed by atoms with van der Waals surface area (Å²) in [5.74, 6) is 0.776. The quantitative estimate of drug-likeness (QED) is 0.226. The van der Waals surface area contributed by atoms with E-state index in [2.05, 4.69) is 6.58 Å². The van der Waals surface area contributed by atoms with Crippen molar-refractivity contribution in [2.24, 2.45) is 4.99 Å². The smallest absolute Gasteiger partial charge is 0.338 e. The summed E-state index contributed by atoms with van der Waals surface area (Å²) in [6, 6.07) is 23.5. The first-order chi connectivity index (χ1) is 19.5. The Hall–Kier alpha value is -4.69. The Morgan fingerprint density at radius 3 is 2.48 bits per heavy atom. The number of aromatic nitrogens is 1. The maximum Gasteiger partial charge on any atom is 0.338 e. The Bertz CT molecular complexity index is 1750. The molecule has 0 spiro atoms. The third-order valence-electron chi connectivity index (χ3n) is 6.37. The second-order valence-corrected chi connectivity index (χ2v) is 9.85. The van der Waals surface area contributed by atoms with Gasteiger partial charge >= 0.3 is 5.97 Å². The molecule has 0 fully saturated rings. The zero-order valence-corrected chi connectivity index (χ0v) is 23.0. The predicted octanol–water partition coefficient (Wildman–Crippen LogP) is 4.51. The van der Waals surface area contributed by atoms with Crippen LogP contribution in [0.1, 0.15) is 29.7 Å². The molecule has 4 aromatic rings. The molecule has 0 radical (unpaired) electrons. The van der Waals surface area contributed by atoms with Crippen molar-refractivity contribution >= 4 is 29.1 Å². The SMILES string of the molecule is C=CCOc1ccccc1/C=c1/sc2n(c1=O)[C@H](c1ccc(OC)cc1)C(C(=O)OCC)=C(c1ccccc1)N=2. The number of esters is 1. The number of carbonyl (C=O) groups is 1. The van der Waals surface area contributed by atoms with Gasteiger partial charge in [-0.3, -0.25) is 9.36 Å². The van der Waals surface area contributed by atoms with E-state index >= 15 is 0 Å². The molecule has 0 saturated heterocycles. The van der Waals surface area contributed by atoms with E-state index in [0.29, 0.717) is 38.7 Å². The number of thiazole rings is 1. The Kier molecular flexibility index (Phi) is 8.07. The van der Waals surface area contributed by atoms with Gasteiger partial charge < -0.3 is 14.2 Å². The molecular formula is C32H28N2O5S. The van der Waals surface area contributed by atoms with E-state index in [1.165, 1.54) is 11.3 Å². The number of methoxy groups -OCH3 is 1.